The van der Waals surface area contributed by atoms with Crippen LogP contribution in [0.25, 0.3) is 0 Å². The fourth-order valence-electron chi connectivity index (χ4n) is 4.33. The molecule has 2 amide bonds. The van der Waals surface area contributed by atoms with Gasteiger partial charge in [-0.15, -0.1) is 0 Å². The van der Waals surface area contributed by atoms with E-state index in [4.69, 9.17) is 18.9 Å². The van der Waals surface area contributed by atoms with Crippen molar-refractivity contribution in [3.63, 3.8) is 0 Å². The SMILES string of the molecule is C[C@@H]1OC(=O)N(C(=O)C(C)(C)[C@@H]2OC(=O)[C@@H]3OC(C)(C)O[C@H]23)[C@@H]1c1ccccc1. The van der Waals surface area contributed by atoms with E-state index in [0.29, 0.717) is 0 Å². The molecule has 0 aromatic heterocycles. The molecule has 3 aliphatic heterocycles. The first-order chi connectivity index (χ1) is 13.5. The van der Waals surface area contributed by atoms with Crippen LogP contribution in [0.4, 0.5) is 4.79 Å². The maximum Gasteiger partial charge on any atom is 0.417 e. The number of benzene rings is 1. The third kappa shape index (κ3) is 3.11. The molecule has 29 heavy (non-hydrogen) atoms. The predicted octanol–water partition coefficient (Wildman–Crippen LogP) is 2.57. The minimum Gasteiger partial charge on any atom is -0.456 e. The van der Waals surface area contributed by atoms with Gasteiger partial charge in [-0.25, -0.2) is 14.5 Å². The zero-order valence-electron chi connectivity index (χ0n) is 17.1. The molecule has 0 saturated carbocycles. The topological polar surface area (TPSA) is 91.4 Å². The first-order valence-corrected chi connectivity index (χ1v) is 9.68. The highest BCUT2D eigenvalue weighted by Crippen LogP contribution is 2.45. The molecule has 156 valence electrons. The zero-order valence-corrected chi connectivity index (χ0v) is 17.1. The van der Waals surface area contributed by atoms with Gasteiger partial charge in [-0.1, -0.05) is 30.3 Å². The highest BCUT2D eigenvalue weighted by molar-refractivity contribution is 5.97. The second-order valence-electron chi connectivity index (χ2n) is 8.72. The molecule has 0 aliphatic carbocycles. The fraction of sp³-hybridized carbons (Fsp3) is 0.571. The number of cyclic esters (lactones) is 2. The van der Waals surface area contributed by atoms with Crippen LogP contribution in [0.15, 0.2) is 30.3 Å². The molecule has 0 bridgehead atoms. The number of ether oxygens (including phenoxy) is 4. The molecule has 3 fully saturated rings. The number of carbonyl (C=O) groups excluding carboxylic acids is 3. The molecule has 0 spiro atoms. The van der Waals surface area contributed by atoms with Crippen molar-refractivity contribution >= 4 is 18.0 Å². The lowest BCUT2D eigenvalue weighted by atomic mass is 9.81. The number of hydrogen-bond donors (Lipinski definition) is 0. The van der Waals surface area contributed by atoms with Crippen LogP contribution >= 0.6 is 0 Å². The lowest BCUT2D eigenvalue weighted by molar-refractivity contribution is -0.196. The van der Waals surface area contributed by atoms with Crippen LogP contribution in [0.2, 0.25) is 0 Å². The molecule has 0 N–H and O–H groups in total. The zero-order chi connectivity index (χ0) is 21.1. The van der Waals surface area contributed by atoms with Crippen molar-refractivity contribution in [2.45, 2.75) is 70.9 Å². The summed E-state index contributed by atoms with van der Waals surface area (Å²) in [6, 6.07) is 8.66. The lowest BCUT2D eigenvalue weighted by Gasteiger charge is -2.35. The van der Waals surface area contributed by atoms with Crippen molar-refractivity contribution in [1.82, 2.24) is 4.90 Å². The van der Waals surface area contributed by atoms with Gasteiger partial charge in [0.05, 0.1) is 5.41 Å². The molecule has 5 atom stereocenters. The number of esters is 1. The Labute approximate surface area is 169 Å². The number of nitrogens with zero attached hydrogens (tertiary/aromatic N) is 1. The Hall–Kier alpha value is -2.45. The fourth-order valence-corrected chi connectivity index (χ4v) is 4.33. The average molecular weight is 403 g/mol. The number of rotatable bonds is 3. The second kappa shape index (κ2) is 6.53. The minimum atomic E-state index is -1.24. The highest BCUT2D eigenvalue weighted by atomic mass is 16.8. The van der Waals surface area contributed by atoms with Gasteiger partial charge in [-0.05, 0) is 40.2 Å². The van der Waals surface area contributed by atoms with Crippen molar-refractivity contribution in [2.75, 3.05) is 0 Å². The summed E-state index contributed by atoms with van der Waals surface area (Å²) in [6.45, 7) is 8.44. The van der Waals surface area contributed by atoms with E-state index in [-0.39, 0.29) is 0 Å². The van der Waals surface area contributed by atoms with Crippen LogP contribution in [0, 0.1) is 5.41 Å². The van der Waals surface area contributed by atoms with Gasteiger partial charge in [0.15, 0.2) is 11.9 Å². The molecule has 3 saturated heterocycles. The third-order valence-electron chi connectivity index (χ3n) is 5.73. The van der Waals surface area contributed by atoms with Gasteiger partial charge >= 0.3 is 12.1 Å². The number of amides is 2. The summed E-state index contributed by atoms with van der Waals surface area (Å²) in [7, 11) is 0. The van der Waals surface area contributed by atoms with Crippen molar-refractivity contribution < 1.29 is 33.3 Å². The van der Waals surface area contributed by atoms with Crippen LogP contribution < -0.4 is 0 Å². The molecule has 3 aliphatic rings. The number of imide groups is 1. The van der Waals surface area contributed by atoms with Gasteiger partial charge in [-0.2, -0.15) is 0 Å². The quantitative estimate of drug-likeness (QED) is 0.716. The average Bonchev–Trinajstić information content (AvgIpc) is 3.24. The molecule has 4 rings (SSSR count). The van der Waals surface area contributed by atoms with E-state index in [1.807, 2.05) is 30.3 Å². The van der Waals surface area contributed by atoms with E-state index >= 15 is 0 Å². The van der Waals surface area contributed by atoms with Crippen molar-refractivity contribution in [3.05, 3.63) is 35.9 Å². The standard InChI is InChI=1S/C21H25NO7/c1-11-13(12-9-7-6-8-10-12)22(19(25)26-11)18(24)20(2,3)16-14-15(17(23)27-16)29-21(4,5)28-14/h6-11,13-16H,1-5H3/t11-,13-,14-,15+,16+/m0/s1. The van der Waals surface area contributed by atoms with Crippen molar-refractivity contribution in [3.8, 4) is 0 Å². The summed E-state index contributed by atoms with van der Waals surface area (Å²) < 4.78 is 22.3. The Bertz CT molecular complexity index is 850. The monoisotopic (exact) mass is 403 g/mol. The molecule has 0 radical (unpaired) electrons. The lowest BCUT2D eigenvalue weighted by Crippen LogP contribution is -2.52. The first-order valence-electron chi connectivity index (χ1n) is 9.68. The number of fused-ring (bicyclic) bond motifs is 1. The van der Waals surface area contributed by atoms with Crippen LogP contribution in [-0.4, -0.2) is 53.1 Å². The summed E-state index contributed by atoms with van der Waals surface area (Å²) in [6.07, 6.45) is -3.74. The number of hydrogen-bond acceptors (Lipinski definition) is 7. The summed E-state index contributed by atoms with van der Waals surface area (Å²) in [5, 5.41) is 0. The van der Waals surface area contributed by atoms with Gasteiger partial charge in [0.2, 0.25) is 5.91 Å². The van der Waals surface area contributed by atoms with Gasteiger partial charge in [-0.3, -0.25) is 4.79 Å². The number of carbonyl (C=O) groups is 3. The van der Waals surface area contributed by atoms with Crippen molar-refractivity contribution in [2.24, 2.45) is 5.41 Å². The summed E-state index contributed by atoms with van der Waals surface area (Å²) >= 11 is 0. The van der Waals surface area contributed by atoms with E-state index in [0.717, 1.165) is 10.5 Å². The summed E-state index contributed by atoms with van der Waals surface area (Å²) in [5.41, 5.74) is -0.451. The Morgan fingerprint density at radius 3 is 2.38 bits per heavy atom. The maximum absolute atomic E-state index is 13.6. The van der Waals surface area contributed by atoms with Gasteiger partial charge in [0, 0.05) is 0 Å². The van der Waals surface area contributed by atoms with Crippen LogP contribution in [-0.2, 0) is 28.5 Å². The molecular formula is C21H25NO7. The van der Waals surface area contributed by atoms with E-state index < -0.39 is 59.6 Å². The van der Waals surface area contributed by atoms with Gasteiger partial charge in [0.1, 0.15) is 24.4 Å². The summed E-state index contributed by atoms with van der Waals surface area (Å²) in [4.78, 5) is 39.6. The Morgan fingerprint density at radius 1 is 1.07 bits per heavy atom. The van der Waals surface area contributed by atoms with Crippen LogP contribution in [0.3, 0.4) is 0 Å². The van der Waals surface area contributed by atoms with E-state index in [9.17, 15) is 14.4 Å². The van der Waals surface area contributed by atoms with Crippen molar-refractivity contribution in [1.29, 1.82) is 0 Å². The van der Waals surface area contributed by atoms with Crippen LogP contribution in [0.1, 0.15) is 46.2 Å². The molecule has 8 heteroatoms. The van der Waals surface area contributed by atoms with Gasteiger partial charge in [0.25, 0.3) is 0 Å². The molecular weight excluding hydrogens is 378 g/mol. The Balaban J connectivity index is 1.65. The van der Waals surface area contributed by atoms with E-state index in [2.05, 4.69) is 0 Å². The normalized spacial score (nSPS) is 33.4. The molecule has 1 aromatic carbocycles. The Kier molecular flexibility index (Phi) is 4.47. The maximum atomic E-state index is 13.6. The molecule has 8 nitrogen and oxygen atoms in total. The van der Waals surface area contributed by atoms with Crippen LogP contribution in [0.5, 0.6) is 0 Å². The summed E-state index contributed by atoms with van der Waals surface area (Å²) in [5.74, 6) is -2.02. The van der Waals surface area contributed by atoms with E-state index in [1.54, 1.807) is 34.6 Å². The smallest absolute Gasteiger partial charge is 0.417 e. The largest absolute Gasteiger partial charge is 0.456 e. The second-order valence-corrected chi connectivity index (χ2v) is 8.72. The Morgan fingerprint density at radius 2 is 1.72 bits per heavy atom. The van der Waals surface area contributed by atoms with Gasteiger partial charge < -0.3 is 18.9 Å². The molecule has 0 unspecified atom stereocenters. The highest BCUT2D eigenvalue weighted by Gasteiger charge is 2.63. The molecule has 1 aromatic rings. The molecule has 3 heterocycles. The minimum absolute atomic E-state index is 0.493. The third-order valence-corrected chi connectivity index (χ3v) is 5.73. The van der Waals surface area contributed by atoms with E-state index in [1.165, 1.54) is 0 Å². The predicted molar refractivity (Wildman–Crippen MR) is 99.5 cm³/mol. The first kappa shape index (κ1) is 19.8.